The zero-order chi connectivity index (χ0) is 14.7. The van der Waals surface area contributed by atoms with Gasteiger partial charge >= 0.3 is 5.97 Å². The number of benzene rings is 2. The Balaban J connectivity index is 2.30. The van der Waals surface area contributed by atoms with Crippen LogP contribution in [0.2, 0.25) is 0 Å². The first kappa shape index (κ1) is 14.3. The van der Waals surface area contributed by atoms with E-state index in [1.165, 1.54) is 17.7 Å². The highest BCUT2D eigenvalue weighted by Gasteiger charge is 2.10. The fraction of sp³-hybridized carbons (Fsp3) is 0.235. The Morgan fingerprint density at radius 1 is 1.15 bits per heavy atom. The first-order valence-corrected chi connectivity index (χ1v) is 6.59. The molecule has 0 aliphatic carbocycles. The zero-order valence-corrected chi connectivity index (χ0v) is 11.6. The van der Waals surface area contributed by atoms with Gasteiger partial charge in [-0.05, 0) is 35.6 Å². The van der Waals surface area contributed by atoms with Gasteiger partial charge in [-0.2, -0.15) is 0 Å². The van der Waals surface area contributed by atoms with E-state index in [2.05, 4.69) is 13.8 Å². The van der Waals surface area contributed by atoms with Gasteiger partial charge < -0.3 is 5.11 Å². The maximum absolute atomic E-state index is 13.9. The molecule has 0 aromatic heterocycles. The van der Waals surface area contributed by atoms with Gasteiger partial charge in [0.1, 0.15) is 5.82 Å². The Morgan fingerprint density at radius 2 is 1.80 bits per heavy atom. The van der Waals surface area contributed by atoms with Crippen LogP contribution in [0.3, 0.4) is 0 Å². The van der Waals surface area contributed by atoms with Crippen LogP contribution in [-0.4, -0.2) is 11.1 Å². The lowest BCUT2D eigenvalue weighted by Gasteiger charge is -2.08. The van der Waals surface area contributed by atoms with Crippen molar-refractivity contribution >= 4 is 5.97 Å². The van der Waals surface area contributed by atoms with Crippen molar-refractivity contribution in [3.8, 4) is 11.1 Å². The molecule has 0 heterocycles. The van der Waals surface area contributed by atoms with Crippen LogP contribution in [-0.2, 0) is 6.42 Å². The third-order valence-electron chi connectivity index (χ3n) is 3.12. The molecule has 2 aromatic rings. The van der Waals surface area contributed by atoms with Crippen molar-refractivity contribution in [2.24, 2.45) is 5.92 Å². The standard InChI is InChI=1S/C17H17FO2/c1-11(2)9-12-3-5-13(6-4-12)15-8-7-14(17(19)20)10-16(15)18/h3-8,10-11H,9H2,1-2H3,(H,19,20). The average Bonchev–Trinajstić information content (AvgIpc) is 2.39. The smallest absolute Gasteiger partial charge is 0.335 e. The quantitative estimate of drug-likeness (QED) is 0.896. The summed E-state index contributed by atoms with van der Waals surface area (Å²) in [4.78, 5) is 10.8. The van der Waals surface area contributed by atoms with Gasteiger partial charge in [0, 0.05) is 5.56 Å². The molecule has 0 atom stereocenters. The average molecular weight is 272 g/mol. The molecule has 1 N–H and O–H groups in total. The molecule has 0 aliphatic rings. The summed E-state index contributed by atoms with van der Waals surface area (Å²) in [7, 11) is 0. The van der Waals surface area contributed by atoms with Gasteiger partial charge in [0.05, 0.1) is 5.56 Å². The van der Waals surface area contributed by atoms with Crippen LogP contribution in [0.4, 0.5) is 4.39 Å². The summed E-state index contributed by atoms with van der Waals surface area (Å²) < 4.78 is 13.9. The highest BCUT2D eigenvalue weighted by atomic mass is 19.1. The van der Waals surface area contributed by atoms with Gasteiger partial charge in [-0.3, -0.25) is 0 Å². The van der Waals surface area contributed by atoms with Gasteiger partial charge in [0.25, 0.3) is 0 Å². The van der Waals surface area contributed by atoms with E-state index >= 15 is 0 Å². The molecule has 0 radical (unpaired) electrons. The fourth-order valence-corrected chi connectivity index (χ4v) is 2.17. The maximum atomic E-state index is 13.9. The predicted octanol–water partition coefficient (Wildman–Crippen LogP) is 4.39. The molecule has 2 aromatic carbocycles. The molecule has 0 fully saturated rings. The maximum Gasteiger partial charge on any atom is 0.335 e. The largest absolute Gasteiger partial charge is 0.478 e. The van der Waals surface area contributed by atoms with Gasteiger partial charge in [-0.15, -0.1) is 0 Å². The van der Waals surface area contributed by atoms with Crippen molar-refractivity contribution in [1.29, 1.82) is 0 Å². The van der Waals surface area contributed by atoms with E-state index in [9.17, 15) is 9.18 Å². The van der Waals surface area contributed by atoms with Crippen LogP contribution in [0.15, 0.2) is 42.5 Å². The third kappa shape index (κ3) is 3.23. The van der Waals surface area contributed by atoms with Crippen LogP contribution >= 0.6 is 0 Å². The summed E-state index contributed by atoms with van der Waals surface area (Å²) in [6.07, 6.45) is 0.987. The number of carboxylic acid groups (broad SMARTS) is 1. The Labute approximate surface area is 117 Å². The summed E-state index contributed by atoms with van der Waals surface area (Å²) in [5.41, 5.74) is 2.35. The fourth-order valence-electron chi connectivity index (χ4n) is 2.17. The summed E-state index contributed by atoms with van der Waals surface area (Å²) in [6, 6.07) is 11.7. The molecule has 104 valence electrons. The summed E-state index contributed by atoms with van der Waals surface area (Å²) >= 11 is 0. The number of carbonyl (C=O) groups is 1. The van der Waals surface area contributed by atoms with Gasteiger partial charge in [0.2, 0.25) is 0 Å². The van der Waals surface area contributed by atoms with E-state index < -0.39 is 11.8 Å². The summed E-state index contributed by atoms with van der Waals surface area (Å²) in [6.45, 7) is 4.30. The van der Waals surface area contributed by atoms with Crippen LogP contribution in [0.25, 0.3) is 11.1 Å². The van der Waals surface area contributed by atoms with Gasteiger partial charge in [0.15, 0.2) is 0 Å². The van der Waals surface area contributed by atoms with Gasteiger partial charge in [-0.25, -0.2) is 9.18 Å². The first-order valence-electron chi connectivity index (χ1n) is 6.59. The molecule has 0 bridgehead atoms. The Hall–Kier alpha value is -2.16. The van der Waals surface area contributed by atoms with Crippen molar-refractivity contribution in [2.45, 2.75) is 20.3 Å². The lowest BCUT2D eigenvalue weighted by Crippen LogP contribution is -1.98. The second kappa shape index (κ2) is 5.87. The predicted molar refractivity (Wildman–Crippen MR) is 77.3 cm³/mol. The number of rotatable bonds is 4. The van der Waals surface area contributed by atoms with Crippen molar-refractivity contribution in [2.75, 3.05) is 0 Å². The minimum Gasteiger partial charge on any atom is -0.478 e. The monoisotopic (exact) mass is 272 g/mol. The number of halogens is 1. The van der Waals surface area contributed by atoms with E-state index in [-0.39, 0.29) is 5.56 Å². The molecule has 0 saturated heterocycles. The minimum absolute atomic E-state index is 0.0392. The van der Waals surface area contributed by atoms with Crippen molar-refractivity contribution in [3.63, 3.8) is 0 Å². The Bertz CT molecular complexity index is 615. The number of hydrogen-bond donors (Lipinski definition) is 1. The SMILES string of the molecule is CC(C)Cc1ccc(-c2ccc(C(=O)O)cc2F)cc1. The van der Waals surface area contributed by atoms with E-state index in [0.29, 0.717) is 11.5 Å². The molecule has 20 heavy (non-hydrogen) atoms. The first-order chi connectivity index (χ1) is 9.47. The van der Waals surface area contributed by atoms with Crippen LogP contribution in [0.5, 0.6) is 0 Å². The lowest BCUT2D eigenvalue weighted by molar-refractivity contribution is 0.0696. The Kier molecular flexibility index (Phi) is 4.18. The third-order valence-corrected chi connectivity index (χ3v) is 3.12. The number of carboxylic acids is 1. The topological polar surface area (TPSA) is 37.3 Å². The summed E-state index contributed by atoms with van der Waals surface area (Å²) in [5.74, 6) is -1.06. The molecule has 0 amide bonds. The zero-order valence-electron chi connectivity index (χ0n) is 11.6. The molecule has 0 spiro atoms. The molecule has 2 rings (SSSR count). The lowest BCUT2D eigenvalue weighted by atomic mass is 9.98. The molecule has 3 heteroatoms. The highest BCUT2D eigenvalue weighted by Crippen LogP contribution is 2.24. The molecular weight excluding hydrogens is 255 g/mol. The summed E-state index contributed by atoms with van der Waals surface area (Å²) in [5, 5.41) is 8.82. The molecule has 2 nitrogen and oxygen atoms in total. The number of hydrogen-bond acceptors (Lipinski definition) is 1. The van der Waals surface area contributed by atoms with Crippen molar-refractivity contribution in [3.05, 3.63) is 59.4 Å². The normalized spacial score (nSPS) is 10.8. The van der Waals surface area contributed by atoms with Crippen molar-refractivity contribution in [1.82, 2.24) is 0 Å². The van der Waals surface area contributed by atoms with E-state index in [4.69, 9.17) is 5.11 Å². The highest BCUT2D eigenvalue weighted by molar-refractivity contribution is 5.88. The van der Waals surface area contributed by atoms with Crippen LogP contribution in [0, 0.1) is 11.7 Å². The van der Waals surface area contributed by atoms with Crippen LogP contribution < -0.4 is 0 Å². The molecule has 0 unspecified atom stereocenters. The Morgan fingerprint density at radius 3 is 2.30 bits per heavy atom. The molecule has 0 aliphatic heterocycles. The van der Waals surface area contributed by atoms with E-state index in [1.807, 2.05) is 24.3 Å². The van der Waals surface area contributed by atoms with Crippen molar-refractivity contribution < 1.29 is 14.3 Å². The van der Waals surface area contributed by atoms with E-state index in [0.717, 1.165) is 18.1 Å². The molecular formula is C17H17FO2. The second-order valence-electron chi connectivity index (χ2n) is 5.29. The minimum atomic E-state index is -1.12. The van der Waals surface area contributed by atoms with E-state index in [1.54, 1.807) is 0 Å². The van der Waals surface area contributed by atoms with Crippen LogP contribution in [0.1, 0.15) is 29.8 Å². The van der Waals surface area contributed by atoms with Gasteiger partial charge in [-0.1, -0.05) is 44.2 Å². The molecule has 0 saturated carbocycles. The number of aromatic carboxylic acids is 1. The second-order valence-corrected chi connectivity index (χ2v) is 5.29.